The molecule has 0 saturated heterocycles. The van der Waals surface area contributed by atoms with Gasteiger partial charge in [-0.3, -0.25) is 0 Å². The van der Waals surface area contributed by atoms with Crippen LogP contribution in [0.25, 0.3) is 11.1 Å². The molecule has 1 aliphatic rings. The third kappa shape index (κ3) is 3.96. The van der Waals surface area contributed by atoms with Crippen LogP contribution in [0.3, 0.4) is 0 Å². The van der Waals surface area contributed by atoms with Crippen molar-refractivity contribution in [3.05, 3.63) is 59.2 Å². The number of aliphatic hydroxyl groups excluding tert-OH is 2. The second-order valence-corrected chi connectivity index (χ2v) is 5.91. The fourth-order valence-corrected chi connectivity index (χ4v) is 2.82. The number of aliphatic hydroxyl groups is 2. The highest BCUT2D eigenvalue weighted by Crippen LogP contribution is 2.38. The topological polar surface area (TPSA) is 40.5 Å². The van der Waals surface area contributed by atoms with E-state index >= 15 is 0 Å². The third-order valence-electron chi connectivity index (χ3n) is 4.01. The largest absolute Gasteiger partial charge is 0.394 e. The summed E-state index contributed by atoms with van der Waals surface area (Å²) < 4.78 is 0. The SMILES string of the molecule is CC(O)CO.CCCCc1cccc2c1Cc1ccccc1-2. The molecule has 3 rings (SSSR count). The van der Waals surface area contributed by atoms with E-state index in [-0.39, 0.29) is 6.61 Å². The van der Waals surface area contributed by atoms with Gasteiger partial charge in [0.05, 0.1) is 12.7 Å². The Morgan fingerprint density at radius 1 is 1.05 bits per heavy atom. The van der Waals surface area contributed by atoms with Gasteiger partial charge < -0.3 is 10.2 Å². The molecule has 0 saturated carbocycles. The molecule has 22 heavy (non-hydrogen) atoms. The molecule has 118 valence electrons. The fourth-order valence-electron chi connectivity index (χ4n) is 2.82. The van der Waals surface area contributed by atoms with Gasteiger partial charge in [-0.15, -0.1) is 0 Å². The number of rotatable bonds is 4. The Kier molecular flexibility index (Phi) is 6.17. The van der Waals surface area contributed by atoms with Crippen molar-refractivity contribution in [3.63, 3.8) is 0 Å². The number of fused-ring (bicyclic) bond motifs is 3. The van der Waals surface area contributed by atoms with Gasteiger partial charge >= 0.3 is 0 Å². The lowest BCUT2D eigenvalue weighted by atomic mass is 9.98. The van der Waals surface area contributed by atoms with Gasteiger partial charge in [0, 0.05) is 0 Å². The van der Waals surface area contributed by atoms with Crippen LogP contribution in [0, 0.1) is 0 Å². The summed E-state index contributed by atoms with van der Waals surface area (Å²) in [5, 5.41) is 16.0. The van der Waals surface area contributed by atoms with Crippen molar-refractivity contribution in [2.45, 2.75) is 45.6 Å². The molecule has 2 N–H and O–H groups in total. The first-order valence-electron chi connectivity index (χ1n) is 8.15. The maximum Gasteiger partial charge on any atom is 0.0742 e. The first-order chi connectivity index (χ1) is 10.7. The number of unbranched alkanes of at least 4 members (excludes halogenated alkanes) is 1. The van der Waals surface area contributed by atoms with Crippen LogP contribution in [-0.2, 0) is 12.8 Å². The zero-order valence-corrected chi connectivity index (χ0v) is 13.5. The number of hydrogen-bond donors (Lipinski definition) is 2. The van der Waals surface area contributed by atoms with Crippen molar-refractivity contribution in [1.82, 2.24) is 0 Å². The molecule has 0 heterocycles. The van der Waals surface area contributed by atoms with Crippen LogP contribution in [0.2, 0.25) is 0 Å². The normalized spacial score (nSPS) is 12.9. The van der Waals surface area contributed by atoms with E-state index in [2.05, 4.69) is 49.4 Å². The van der Waals surface area contributed by atoms with E-state index in [0.717, 1.165) is 6.42 Å². The molecule has 2 heteroatoms. The molecule has 2 aromatic rings. The van der Waals surface area contributed by atoms with Crippen molar-refractivity contribution < 1.29 is 10.2 Å². The summed E-state index contributed by atoms with van der Waals surface area (Å²) in [6, 6.07) is 15.6. The minimum absolute atomic E-state index is 0.139. The van der Waals surface area contributed by atoms with Gasteiger partial charge in [-0.05, 0) is 54.0 Å². The van der Waals surface area contributed by atoms with Crippen LogP contribution < -0.4 is 0 Å². The summed E-state index contributed by atoms with van der Waals surface area (Å²) >= 11 is 0. The van der Waals surface area contributed by atoms with E-state index in [9.17, 15) is 0 Å². The van der Waals surface area contributed by atoms with E-state index in [1.54, 1.807) is 11.1 Å². The van der Waals surface area contributed by atoms with Crippen LogP contribution in [-0.4, -0.2) is 22.9 Å². The molecule has 1 aliphatic carbocycles. The highest BCUT2D eigenvalue weighted by Gasteiger charge is 2.19. The lowest BCUT2D eigenvalue weighted by Crippen LogP contribution is -2.03. The number of benzene rings is 2. The quantitative estimate of drug-likeness (QED) is 0.765. The predicted molar refractivity (Wildman–Crippen MR) is 92.1 cm³/mol. The summed E-state index contributed by atoms with van der Waals surface area (Å²) in [6.45, 7) is 3.65. The van der Waals surface area contributed by atoms with Crippen molar-refractivity contribution in [2.75, 3.05) is 6.61 Å². The fraction of sp³-hybridized carbons (Fsp3) is 0.400. The summed E-state index contributed by atoms with van der Waals surface area (Å²) in [7, 11) is 0. The molecule has 0 aromatic heterocycles. The molecule has 0 bridgehead atoms. The first-order valence-corrected chi connectivity index (χ1v) is 8.15. The Bertz CT molecular complexity index is 602. The van der Waals surface area contributed by atoms with Crippen LogP contribution in [0.5, 0.6) is 0 Å². The Morgan fingerprint density at radius 3 is 2.41 bits per heavy atom. The van der Waals surface area contributed by atoms with Gasteiger partial charge in [0.15, 0.2) is 0 Å². The van der Waals surface area contributed by atoms with Gasteiger partial charge in [0.2, 0.25) is 0 Å². The molecule has 0 radical (unpaired) electrons. The van der Waals surface area contributed by atoms with Crippen LogP contribution in [0.1, 0.15) is 43.4 Å². The molecular formula is C20H26O2. The molecular weight excluding hydrogens is 272 g/mol. The average molecular weight is 298 g/mol. The Balaban J connectivity index is 0.000000309. The van der Waals surface area contributed by atoms with Crippen molar-refractivity contribution >= 4 is 0 Å². The minimum atomic E-state index is -0.560. The van der Waals surface area contributed by atoms with E-state index in [4.69, 9.17) is 10.2 Å². The van der Waals surface area contributed by atoms with Gasteiger partial charge in [-0.2, -0.15) is 0 Å². The molecule has 0 fully saturated rings. The maximum atomic E-state index is 8.11. The standard InChI is InChI=1S/C17H18.C3H8O2/c1-2-3-7-13-9-6-11-16-15-10-5-4-8-14(15)12-17(13)16;1-3(5)2-4/h4-6,8-11H,2-3,7,12H2,1H3;3-5H,2H2,1H3. The number of hydrogen-bond acceptors (Lipinski definition) is 2. The van der Waals surface area contributed by atoms with E-state index in [1.807, 2.05) is 0 Å². The molecule has 2 nitrogen and oxygen atoms in total. The van der Waals surface area contributed by atoms with Crippen LogP contribution in [0.15, 0.2) is 42.5 Å². The molecule has 0 spiro atoms. The second kappa shape index (κ2) is 8.11. The second-order valence-electron chi connectivity index (χ2n) is 5.91. The Morgan fingerprint density at radius 2 is 1.73 bits per heavy atom. The Hall–Kier alpha value is -1.64. The zero-order valence-electron chi connectivity index (χ0n) is 13.5. The number of aryl methyl sites for hydroxylation is 1. The van der Waals surface area contributed by atoms with Gasteiger partial charge in [0.1, 0.15) is 0 Å². The molecule has 2 aromatic carbocycles. The van der Waals surface area contributed by atoms with E-state index in [1.165, 1.54) is 42.9 Å². The van der Waals surface area contributed by atoms with E-state index in [0.29, 0.717) is 0 Å². The molecule has 0 aliphatic heterocycles. The highest BCUT2D eigenvalue weighted by molar-refractivity contribution is 5.77. The van der Waals surface area contributed by atoms with Crippen molar-refractivity contribution in [1.29, 1.82) is 0 Å². The van der Waals surface area contributed by atoms with Gasteiger partial charge in [-0.1, -0.05) is 55.8 Å². The Labute approximate surface area is 133 Å². The van der Waals surface area contributed by atoms with E-state index < -0.39 is 6.10 Å². The summed E-state index contributed by atoms with van der Waals surface area (Å²) in [5.74, 6) is 0. The highest BCUT2D eigenvalue weighted by atomic mass is 16.3. The van der Waals surface area contributed by atoms with Gasteiger partial charge in [-0.25, -0.2) is 0 Å². The van der Waals surface area contributed by atoms with Crippen LogP contribution >= 0.6 is 0 Å². The zero-order chi connectivity index (χ0) is 15.9. The molecule has 1 atom stereocenters. The minimum Gasteiger partial charge on any atom is -0.394 e. The summed E-state index contributed by atoms with van der Waals surface area (Å²) in [6.07, 6.45) is 4.37. The lowest BCUT2D eigenvalue weighted by Gasteiger charge is -2.07. The van der Waals surface area contributed by atoms with Crippen LogP contribution in [0.4, 0.5) is 0 Å². The summed E-state index contributed by atoms with van der Waals surface area (Å²) in [4.78, 5) is 0. The van der Waals surface area contributed by atoms with Crippen molar-refractivity contribution in [2.24, 2.45) is 0 Å². The molecule has 0 amide bonds. The summed E-state index contributed by atoms with van der Waals surface area (Å²) in [5.41, 5.74) is 7.53. The first kappa shape index (κ1) is 16.7. The lowest BCUT2D eigenvalue weighted by molar-refractivity contribution is 0.110. The average Bonchev–Trinajstić information content (AvgIpc) is 2.92. The predicted octanol–water partition coefficient (Wildman–Crippen LogP) is 3.96. The van der Waals surface area contributed by atoms with Crippen molar-refractivity contribution in [3.8, 4) is 11.1 Å². The third-order valence-corrected chi connectivity index (χ3v) is 4.01. The molecule has 1 unspecified atom stereocenters. The monoisotopic (exact) mass is 298 g/mol. The smallest absolute Gasteiger partial charge is 0.0742 e. The van der Waals surface area contributed by atoms with Gasteiger partial charge in [0.25, 0.3) is 0 Å². The maximum absolute atomic E-state index is 8.11.